The number of benzene rings is 3. The van der Waals surface area contributed by atoms with Gasteiger partial charge in [0, 0.05) is 16.0 Å². The maximum atomic E-state index is 15.1. The molecule has 2 aliphatic carbocycles. The van der Waals surface area contributed by atoms with Crippen molar-refractivity contribution in [1.82, 2.24) is 10.3 Å². The Morgan fingerprint density at radius 3 is 2.43 bits per heavy atom. The van der Waals surface area contributed by atoms with E-state index >= 15 is 4.79 Å². The zero-order valence-electron chi connectivity index (χ0n) is 24.0. The molecule has 2 aliphatic heterocycles. The molecule has 2 heterocycles. The molecular weight excluding hydrogens is 626 g/mol. The first-order valence-corrected chi connectivity index (χ1v) is 15.3. The van der Waals surface area contributed by atoms with Gasteiger partial charge >= 0.3 is 0 Å². The van der Waals surface area contributed by atoms with Crippen LogP contribution in [-0.2, 0) is 24.6 Å². The van der Waals surface area contributed by atoms with Gasteiger partial charge in [0.2, 0.25) is 11.8 Å². The number of imide groups is 2. The van der Waals surface area contributed by atoms with Crippen molar-refractivity contribution >= 4 is 45.2 Å². The fourth-order valence-electron chi connectivity index (χ4n) is 7.97. The molecule has 3 N–H and O–H groups in total. The molecule has 0 spiro atoms. The van der Waals surface area contributed by atoms with E-state index < -0.39 is 46.8 Å². The van der Waals surface area contributed by atoms with Crippen LogP contribution in [0, 0.1) is 30.6 Å². The lowest BCUT2D eigenvalue weighted by Gasteiger charge is -2.50. The first-order chi connectivity index (χ1) is 21.2. The van der Waals surface area contributed by atoms with Crippen LogP contribution in [0.1, 0.15) is 35.4 Å². The number of carbonyl (C=O) groups is 4. The van der Waals surface area contributed by atoms with Gasteiger partial charge in [-0.3, -0.25) is 29.9 Å². The Morgan fingerprint density at radius 1 is 1.00 bits per heavy atom. The first-order valence-electron chi connectivity index (χ1n) is 14.5. The Morgan fingerprint density at radius 2 is 1.73 bits per heavy atom. The quantitative estimate of drug-likeness (QED) is 0.268. The number of hydrazine groups is 1. The number of carbonyl (C=O) groups excluding carboxylic acids is 4. The van der Waals surface area contributed by atoms with E-state index in [1.165, 1.54) is 7.11 Å². The van der Waals surface area contributed by atoms with Crippen LogP contribution >= 0.6 is 15.9 Å². The standard InChI is InChI=1S/C34H30BrN3O6/c1-17-8-10-20(11-9-17)37-38-32(42)25-16-23-21(12-13-22-27(23)31(41)36-30(22)40)28(24-14-19(35)15-26(44-2)29(24)39)34(25,33(38)43)18-6-4-3-5-7-18/h3-12,14-15,22-23,25,27-28,37,39H,13,16H2,1-2H3,(H,36,40,41)/t22-,23+,25-,27-,28+,34+/m0/s1. The molecule has 4 amide bonds. The van der Waals surface area contributed by atoms with E-state index in [-0.39, 0.29) is 29.7 Å². The summed E-state index contributed by atoms with van der Waals surface area (Å²) in [6.07, 6.45) is 2.43. The number of hydrogen-bond acceptors (Lipinski definition) is 7. The summed E-state index contributed by atoms with van der Waals surface area (Å²) in [5.41, 5.74) is 4.95. The van der Waals surface area contributed by atoms with Gasteiger partial charge in [0.25, 0.3) is 11.8 Å². The Labute approximate surface area is 262 Å². The van der Waals surface area contributed by atoms with Gasteiger partial charge in [-0.1, -0.05) is 75.6 Å². The van der Waals surface area contributed by atoms with Gasteiger partial charge in [-0.25, -0.2) is 0 Å². The minimum Gasteiger partial charge on any atom is -0.504 e. The number of aromatic hydroxyl groups is 1. The molecule has 2 saturated heterocycles. The number of ether oxygens (including phenoxy) is 1. The molecule has 3 aromatic rings. The second kappa shape index (κ2) is 10.3. The molecule has 9 nitrogen and oxygen atoms in total. The number of rotatable bonds is 5. The summed E-state index contributed by atoms with van der Waals surface area (Å²) in [4.78, 5) is 55.6. The van der Waals surface area contributed by atoms with Crippen LogP contribution in [0.4, 0.5) is 5.69 Å². The number of nitrogens with zero attached hydrogens (tertiary/aromatic N) is 1. The second-order valence-corrected chi connectivity index (χ2v) is 12.9. The summed E-state index contributed by atoms with van der Waals surface area (Å²) in [5.74, 6) is -5.06. The summed E-state index contributed by atoms with van der Waals surface area (Å²) >= 11 is 3.55. The molecule has 3 fully saturated rings. The fourth-order valence-corrected chi connectivity index (χ4v) is 8.43. The average molecular weight is 657 g/mol. The van der Waals surface area contributed by atoms with E-state index in [9.17, 15) is 19.5 Å². The SMILES string of the molecule is COc1cc(Br)cc([C@H]2C3=CC[C@@H]4C(=O)NC(=O)[C@@H]4[C@@H]3C[C@H]3C(=O)N(Nc4ccc(C)cc4)C(=O)[C@@]23c2ccccc2)c1O. The zero-order chi connectivity index (χ0) is 30.9. The van der Waals surface area contributed by atoms with Crippen LogP contribution < -0.4 is 15.5 Å². The second-order valence-electron chi connectivity index (χ2n) is 12.0. The van der Waals surface area contributed by atoms with Gasteiger partial charge in [-0.05, 0) is 55.5 Å². The molecule has 3 aromatic carbocycles. The molecule has 0 aromatic heterocycles. The molecule has 7 rings (SSSR count). The number of aryl methyl sites for hydroxylation is 1. The number of hydrogen-bond donors (Lipinski definition) is 3. The van der Waals surface area contributed by atoms with Gasteiger partial charge in [-0.2, -0.15) is 5.01 Å². The lowest BCUT2D eigenvalue weighted by Crippen LogP contribution is -2.53. The van der Waals surface area contributed by atoms with E-state index in [1.807, 2.05) is 55.5 Å². The van der Waals surface area contributed by atoms with Crippen molar-refractivity contribution < 1.29 is 29.0 Å². The highest BCUT2D eigenvalue weighted by molar-refractivity contribution is 9.10. The lowest BCUT2D eigenvalue weighted by atomic mass is 9.49. The predicted octanol–water partition coefficient (Wildman–Crippen LogP) is 4.74. The van der Waals surface area contributed by atoms with Gasteiger partial charge in [-0.15, -0.1) is 0 Å². The number of allylic oxidation sites excluding steroid dienone is 2. The number of phenolic OH excluding ortho intramolecular Hbond substituents is 1. The largest absolute Gasteiger partial charge is 0.504 e. The third-order valence-corrected chi connectivity index (χ3v) is 10.3. The molecule has 1 saturated carbocycles. The van der Waals surface area contributed by atoms with Crippen molar-refractivity contribution in [1.29, 1.82) is 0 Å². The highest BCUT2D eigenvalue weighted by Gasteiger charge is 2.70. The molecule has 224 valence electrons. The Kier molecular flexibility index (Phi) is 6.65. The number of nitrogens with one attached hydrogen (secondary N) is 2. The molecule has 6 atom stereocenters. The van der Waals surface area contributed by atoms with Crippen LogP contribution in [0.25, 0.3) is 0 Å². The van der Waals surface area contributed by atoms with Crippen molar-refractivity contribution in [3.8, 4) is 11.5 Å². The smallest absolute Gasteiger partial charge is 0.260 e. The van der Waals surface area contributed by atoms with Gasteiger partial charge in [0.1, 0.15) is 0 Å². The van der Waals surface area contributed by atoms with E-state index in [4.69, 9.17) is 4.74 Å². The minimum atomic E-state index is -1.48. The molecule has 44 heavy (non-hydrogen) atoms. The molecule has 10 heteroatoms. The summed E-state index contributed by atoms with van der Waals surface area (Å²) in [5, 5.41) is 15.2. The fraction of sp³-hybridized carbons (Fsp3) is 0.294. The van der Waals surface area contributed by atoms with E-state index in [2.05, 4.69) is 26.7 Å². The monoisotopic (exact) mass is 655 g/mol. The van der Waals surface area contributed by atoms with Crippen LogP contribution in [0.2, 0.25) is 0 Å². The summed E-state index contributed by atoms with van der Waals surface area (Å²) < 4.78 is 6.13. The van der Waals surface area contributed by atoms with Crippen molar-refractivity contribution in [3.63, 3.8) is 0 Å². The number of anilines is 1. The Hall–Kier alpha value is -4.44. The van der Waals surface area contributed by atoms with Crippen molar-refractivity contribution in [2.45, 2.75) is 31.1 Å². The Balaban J connectivity index is 1.50. The maximum Gasteiger partial charge on any atom is 0.260 e. The summed E-state index contributed by atoms with van der Waals surface area (Å²) in [6, 6.07) is 19.9. The van der Waals surface area contributed by atoms with Gasteiger partial charge in [0.15, 0.2) is 11.5 Å². The molecule has 0 radical (unpaired) electrons. The predicted molar refractivity (Wildman–Crippen MR) is 164 cm³/mol. The van der Waals surface area contributed by atoms with Gasteiger partial charge < -0.3 is 9.84 Å². The van der Waals surface area contributed by atoms with Crippen LogP contribution in [0.5, 0.6) is 11.5 Å². The number of amides is 4. The van der Waals surface area contributed by atoms with Crippen molar-refractivity contribution in [3.05, 3.63) is 99.5 Å². The normalized spacial score (nSPS) is 29.0. The van der Waals surface area contributed by atoms with Crippen LogP contribution in [0.3, 0.4) is 0 Å². The third-order valence-electron chi connectivity index (χ3n) is 9.84. The minimum absolute atomic E-state index is 0.157. The topological polar surface area (TPSA) is 125 Å². The first kappa shape index (κ1) is 28.3. The summed E-state index contributed by atoms with van der Waals surface area (Å²) in [7, 11) is 1.45. The highest BCUT2D eigenvalue weighted by atomic mass is 79.9. The number of halogens is 1. The van der Waals surface area contributed by atoms with Crippen molar-refractivity contribution in [2.75, 3.05) is 12.5 Å². The molecule has 4 aliphatic rings. The summed E-state index contributed by atoms with van der Waals surface area (Å²) in [6.45, 7) is 1.95. The molecule has 0 unspecified atom stereocenters. The zero-order valence-corrected chi connectivity index (χ0v) is 25.6. The van der Waals surface area contributed by atoms with E-state index in [1.54, 1.807) is 24.3 Å². The van der Waals surface area contributed by atoms with Crippen LogP contribution in [0.15, 0.2) is 82.9 Å². The average Bonchev–Trinajstić information content (AvgIpc) is 3.43. The van der Waals surface area contributed by atoms with Gasteiger partial charge in [0.05, 0.1) is 36.0 Å². The maximum absolute atomic E-state index is 15.1. The van der Waals surface area contributed by atoms with Crippen LogP contribution in [-0.4, -0.2) is 40.9 Å². The molecular formula is C34H30BrN3O6. The highest BCUT2D eigenvalue weighted by Crippen LogP contribution is 2.65. The number of methoxy groups -OCH3 is 1. The van der Waals surface area contributed by atoms with E-state index in [0.29, 0.717) is 27.7 Å². The Bertz CT molecular complexity index is 1760. The molecule has 0 bridgehead atoms. The van der Waals surface area contributed by atoms with E-state index in [0.717, 1.165) is 16.1 Å². The number of phenols is 1. The van der Waals surface area contributed by atoms with Crippen molar-refractivity contribution in [2.24, 2.45) is 23.7 Å². The lowest BCUT2D eigenvalue weighted by molar-refractivity contribution is -0.138. The number of fused-ring (bicyclic) bond motifs is 4. The third kappa shape index (κ3) is 3.96.